The quantitative estimate of drug-likeness (QED) is 0.917. The van der Waals surface area contributed by atoms with Crippen molar-refractivity contribution in [1.82, 2.24) is 14.1 Å². The average Bonchev–Trinajstić information content (AvgIpc) is 2.85. The third kappa shape index (κ3) is 2.55. The molecule has 0 saturated heterocycles. The van der Waals surface area contributed by atoms with E-state index in [0.29, 0.717) is 0 Å². The molecule has 3 nitrogen and oxygen atoms in total. The normalized spacial score (nSPS) is 12.9. The number of hydrogen-bond donors (Lipinski definition) is 1. The highest BCUT2D eigenvalue weighted by molar-refractivity contribution is 7.16. The van der Waals surface area contributed by atoms with Gasteiger partial charge in [0.05, 0.1) is 34.0 Å². The summed E-state index contributed by atoms with van der Waals surface area (Å²) in [6, 6.07) is 4.05. The van der Waals surface area contributed by atoms with Gasteiger partial charge in [-0.1, -0.05) is 18.5 Å². The molecule has 0 radical (unpaired) electrons. The maximum atomic E-state index is 5.92. The van der Waals surface area contributed by atoms with Crippen LogP contribution in [0.4, 0.5) is 0 Å². The fraction of sp³-hybridized carbons (Fsp3) is 0.333. The Kier molecular flexibility index (Phi) is 3.69. The molecule has 2 heterocycles. The van der Waals surface area contributed by atoms with Crippen molar-refractivity contribution in [2.24, 2.45) is 0 Å². The van der Waals surface area contributed by atoms with E-state index >= 15 is 0 Å². The van der Waals surface area contributed by atoms with Crippen molar-refractivity contribution in [2.45, 2.75) is 13.0 Å². The Labute approximate surface area is 101 Å². The highest BCUT2D eigenvalue weighted by atomic mass is 35.5. The summed E-state index contributed by atoms with van der Waals surface area (Å²) in [6.07, 6.45) is 1.80. The number of hydrogen-bond acceptors (Lipinski definition) is 5. The Balaban J connectivity index is 2.27. The van der Waals surface area contributed by atoms with E-state index in [4.69, 9.17) is 11.6 Å². The van der Waals surface area contributed by atoms with E-state index in [9.17, 15) is 0 Å². The Morgan fingerprint density at radius 1 is 1.53 bits per heavy atom. The molecule has 0 amide bonds. The number of nitrogens with zero attached hydrogens (tertiary/aromatic N) is 2. The fourth-order valence-corrected chi connectivity index (χ4v) is 2.94. The Bertz CT molecular complexity index is 413. The number of nitrogens with one attached hydrogen (secondary N) is 1. The van der Waals surface area contributed by atoms with Crippen molar-refractivity contribution < 1.29 is 0 Å². The molecule has 2 aromatic heterocycles. The summed E-state index contributed by atoms with van der Waals surface area (Å²) in [5.74, 6) is 0. The van der Waals surface area contributed by atoms with Gasteiger partial charge in [0.15, 0.2) is 0 Å². The second kappa shape index (κ2) is 5.03. The van der Waals surface area contributed by atoms with Gasteiger partial charge in [-0.25, -0.2) is 0 Å². The molecule has 6 heteroatoms. The summed E-state index contributed by atoms with van der Waals surface area (Å²) in [5.41, 5.74) is 0.959. The van der Waals surface area contributed by atoms with Crippen molar-refractivity contribution >= 4 is 34.7 Å². The van der Waals surface area contributed by atoms with Gasteiger partial charge in [0, 0.05) is 4.88 Å². The average molecular weight is 260 g/mol. The highest BCUT2D eigenvalue weighted by Gasteiger charge is 2.17. The molecule has 0 fully saturated rings. The summed E-state index contributed by atoms with van der Waals surface area (Å²) in [6.45, 7) is 2.96. The number of aromatic nitrogens is 2. The lowest BCUT2D eigenvalue weighted by Crippen LogP contribution is -2.21. The van der Waals surface area contributed by atoms with Crippen LogP contribution in [-0.4, -0.2) is 15.3 Å². The highest BCUT2D eigenvalue weighted by Crippen LogP contribution is 2.30. The van der Waals surface area contributed by atoms with E-state index in [-0.39, 0.29) is 6.04 Å². The molecule has 1 N–H and O–H groups in total. The van der Waals surface area contributed by atoms with Gasteiger partial charge in [0.25, 0.3) is 0 Å². The topological polar surface area (TPSA) is 37.8 Å². The monoisotopic (exact) mass is 259 g/mol. The minimum atomic E-state index is 0.117. The van der Waals surface area contributed by atoms with Crippen LogP contribution in [0.3, 0.4) is 0 Å². The molecule has 0 bridgehead atoms. The van der Waals surface area contributed by atoms with Gasteiger partial charge in [-0.15, -0.1) is 11.3 Å². The van der Waals surface area contributed by atoms with Gasteiger partial charge in [-0.3, -0.25) is 0 Å². The molecule has 0 aliphatic rings. The van der Waals surface area contributed by atoms with Crippen LogP contribution in [0.5, 0.6) is 0 Å². The molecule has 0 saturated carbocycles. The zero-order valence-electron chi connectivity index (χ0n) is 8.11. The van der Waals surface area contributed by atoms with E-state index in [2.05, 4.69) is 21.0 Å². The largest absolute Gasteiger partial charge is 0.304 e. The van der Waals surface area contributed by atoms with Crippen LogP contribution in [0.1, 0.15) is 23.5 Å². The molecule has 2 rings (SSSR count). The van der Waals surface area contributed by atoms with E-state index in [1.807, 2.05) is 12.1 Å². The number of thiophene rings is 1. The lowest BCUT2D eigenvalue weighted by Gasteiger charge is -2.12. The van der Waals surface area contributed by atoms with E-state index in [0.717, 1.165) is 16.6 Å². The van der Waals surface area contributed by atoms with Gasteiger partial charge in [0.1, 0.15) is 0 Å². The summed E-state index contributed by atoms with van der Waals surface area (Å²) in [4.78, 5) is 1.18. The van der Waals surface area contributed by atoms with Crippen molar-refractivity contribution in [2.75, 3.05) is 6.54 Å². The summed E-state index contributed by atoms with van der Waals surface area (Å²) in [5, 5.41) is 3.37. The molecular weight excluding hydrogens is 250 g/mol. The van der Waals surface area contributed by atoms with Gasteiger partial charge in [-0.05, 0) is 18.7 Å². The first kappa shape index (κ1) is 11.0. The predicted octanol–water partition coefficient (Wildman–Crippen LogP) is 2.95. The molecule has 0 aliphatic heterocycles. The molecular formula is C9H10ClN3S2. The second-order valence-corrected chi connectivity index (χ2v) is 5.27. The van der Waals surface area contributed by atoms with E-state index < -0.39 is 0 Å². The lowest BCUT2D eigenvalue weighted by molar-refractivity contribution is 0.629. The second-order valence-electron chi connectivity index (χ2n) is 2.96. The zero-order valence-corrected chi connectivity index (χ0v) is 10.5. The minimum Gasteiger partial charge on any atom is -0.304 e. The van der Waals surface area contributed by atoms with Crippen LogP contribution in [0.15, 0.2) is 18.3 Å². The third-order valence-electron chi connectivity index (χ3n) is 1.96. The first-order valence-electron chi connectivity index (χ1n) is 4.57. The zero-order chi connectivity index (χ0) is 10.7. The summed E-state index contributed by atoms with van der Waals surface area (Å²) < 4.78 is 9.07. The van der Waals surface area contributed by atoms with Crippen LogP contribution in [0, 0.1) is 0 Å². The molecule has 2 aromatic rings. The fourth-order valence-electron chi connectivity index (χ4n) is 1.34. The van der Waals surface area contributed by atoms with E-state index in [1.54, 1.807) is 17.5 Å². The lowest BCUT2D eigenvalue weighted by atomic mass is 10.2. The molecule has 80 valence electrons. The standard InChI is InChI=1S/C9H10ClN3S2/c1-2-11-9(6-5-12-15-13-6)7-3-4-8(10)14-7/h3-5,9,11H,2H2,1H3. The first-order chi connectivity index (χ1) is 7.31. The summed E-state index contributed by atoms with van der Waals surface area (Å²) >= 11 is 8.72. The smallest absolute Gasteiger partial charge is 0.0965 e. The van der Waals surface area contributed by atoms with Crippen LogP contribution in [0.2, 0.25) is 4.34 Å². The maximum Gasteiger partial charge on any atom is 0.0965 e. The molecule has 15 heavy (non-hydrogen) atoms. The van der Waals surface area contributed by atoms with Gasteiger partial charge >= 0.3 is 0 Å². The molecule has 1 unspecified atom stereocenters. The van der Waals surface area contributed by atoms with Crippen molar-refractivity contribution in [3.8, 4) is 0 Å². The number of halogens is 1. The van der Waals surface area contributed by atoms with E-state index in [1.165, 1.54) is 16.6 Å². The van der Waals surface area contributed by atoms with Gasteiger partial charge in [0.2, 0.25) is 0 Å². The Hall–Kier alpha value is -0.490. The third-order valence-corrected chi connectivity index (χ3v) is 3.75. The minimum absolute atomic E-state index is 0.117. The molecule has 0 spiro atoms. The van der Waals surface area contributed by atoms with Crippen molar-refractivity contribution in [3.05, 3.63) is 33.2 Å². The van der Waals surface area contributed by atoms with Crippen LogP contribution < -0.4 is 5.32 Å². The molecule has 1 atom stereocenters. The predicted molar refractivity (Wildman–Crippen MR) is 64.8 cm³/mol. The Morgan fingerprint density at radius 2 is 2.40 bits per heavy atom. The molecule has 0 aliphatic carbocycles. The maximum absolute atomic E-state index is 5.92. The summed E-state index contributed by atoms with van der Waals surface area (Å²) in [7, 11) is 0. The number of rotatable bonds is 4. The van der Waals surface area contributed by atoms with Gasteiger partial charge in [-0.2, -0.15) is 8.75 Å². The van der Waals surface area contributed by atoms with Crippen LogP contribution >= 0.6 is 34.7 Å². The Morgan fingerprint density at radius 3 is 2.93 bits per heavy atom. The van der Waals surface area contributed by atoms with Crippen molar-refractivity contribution in [3.63, 3.8) is 0 Å². The van der Waals surface area contributed by atoms with Crippen LogP contribution in [0.25, 0.3) is 0 Å². The van der Waals surface area contributed by atoms with Crippen molar-refractivity contribution in [1.29, 1.82) is 0 Å². The van der Waals surface area contributed by atoms with Crippen LogP contribution in [-0.2, 0) is 0 Å². The first-order valence-corrected chi connectivity index (χ1v) is 6.49. The SMILES string of the molecule is CCNC(c1cnsn1)c1ccc(Cl)s1. The van der Waals surface area contributed by atoms with Gasteiger partial charge < -0.3 is 5.32 Å². The molecule has 0 aromatic carbocycles.